The van der Waals surface area contributed by atoms with E-state index in [1.54, 1.807) is 24.5 Å². The first-order valence-corrected chi connectivity index (χ1v) is 10.2. The molecule has 8 heteroatoms. The Bertz CT molecular complexity index is 1180. The number of halogens is 2. The quantitative estimate of drug-likeness (QED) is 0.473. The lowest BCUT2D eigenvalue weighted by Crippen LogP contribution is -2.29. The van der Waals surface area contributed by atoms with Crippen LogP contribution in [0.5, 0.6) is 0 Å². The fraction of sp³-hybridized carbons (Fsp3) is 0.174. The number of aromatic nitrogens is 4. The van der Waals surface area contributed by atoms with Gasteiger partial charge in [-0.3, -0.25) is 9.48 Å². The zero-order valence-corrected chi connectivity index (χ0v) is 17.7. The van der Waals surface area contributed by atoms with E-state index in [1.807, 2.05) is 46.8 Å². The maximum absolute atomic E-state index is 13.0. The van der Waals surface area contributed by atoms with Crippen molar-refractivity contribution in [1.29, 1.82) is 0 Å². The minimum atomic E-state index is -0.318. The van der Waals surface area contributed by atoms with E-state index >= 15 is 0 Å². The SMILES string of the molecule is Cn1ccnc1-c1c(-c2ccc(Cl)cc2)cnn1CCNC(=O)Cc1ccc(F)cc1. The van der Waals surface area contributed by atoms with Gasteiger partial charge in [-0.15, -0.1) is 0 Å². The number of amides is 1. The molecule has 2 aromatic heterocycles. The fourth-order valence-corrected chi connectivity index (χ4v) is 3.50. The predicted octanol–water partition coefficient (Wildman–Crippen LogP) is 4.10. The number of carbonyl (C=O) groups excluding carboxylic acids is 1. The molecule has 0 unspecified atom stereocenters. The van der Waals surface area contributed by atoms with Gasteiger partial charge in [0.2, 0.25) is 5.91 Å². The van der Waals surface area contributed by atoms with Crippen molar-refractivity contribution < 1.29 is 9.18 Å². The van der Waals surface area contributed by atoms with Crippen molar-refractivity contribution in [3.63, 3.8) is 0 Å². The lowest BCUT2D eigenvalue weighted by molar-refractivity contribution is -0.120. The van der Waals surface area contributed by atoms with E-state index < -0.39 is 0 Å². The summed E-state index contributed by atoms with van der Waals surface area (Å²) in [7, 11) is 1.93. The molecule has 0 atom stereocenters. The molecule has 1 N–H and O–H groups in total. The van der Waals surface area contributed by atoms with Gasteiger partial charge in [0, 0.05) is 36.6 Å². The second-order valence-corrected chi connectivity index (χ2v) is 7.59. The number of imidazole rings is 1. The molecule has 0 bridgehead atoms. The van der Waals surface area contributed by atoms with Crippen LogP contribution in [0.4, 0.5) is 4.39 Å². The van der Waals surface area contributed by atoms with Crippen LogP contribution in [0.3, 0.4) is 0 Å². The lowest BCUT2D eigenvalue weighted by Gasteiger charge is -2.11. The molecule has 0 saturated carbocycles. The maximum Gasteiger partial charge on any atom is 0.224 e. The van der Waals surface area contributed by atoms with Gasteiger partial charge in [0.1, 0.15) is 11.5 Å². The van der Waals surface area contributed by atoms with E-state index in [4.69, 9.17) is 11.6 Å². The molecule has 0 radical (unpaired) electrons. The predicted molar refractivity (Wildman–Crippen MR) is 118 cm³/mol. The van der Waals surface area contributed by atoms with E-state index in [9.17, 15) is 9.18 Å². The molecule has 4 rings (SSSR count). The molecule has 0 saturated heterocycles. The molecule has 31 heavy (non-hydrogen) atoms. The Morgan fingerprint density at radius 1 is 1.13 bits per heavy atom. The Morgan fingerprint density at radius 3 is 2.55 bits per heavy atom. The van der Waals surface area contributed by atoms with Crippen molar-refractivity contribution >= 4 is 17.5 Å². The zero-order chi connectivity index (χ0) is 21.8. The summed E-state index contributed by atoms with van der Waals surface area (Å²) in [6, 6.07) is 13.5. The van der Waals surface area contributed by atoms with E-state index in [0.717, 1.165) is 28.2 Å². The van der Waals surface area contributed by atoms with Crippen LogP contribution < -0.4 is 5.32 Å². The summed E-state index contributed by atoms with van der Waals surface area (Å²) in [6.07, 6.45) is 5.61. The van der Waals surface area contributed by atoms with Crippen molar-refractivity contribution in [1.82, 2.24) is 24.6 Å². The third-order valence-corrected chi connectivity index (χ3v) is 5.20. The Kier molecular flexibility index (Phi) is 6.13. The van der Waals surface area contributed by atoms with Crippen molar-refractivity contribution in [2.24, 2.45) is 7.05 Å². The van der Waals surface area contributed by atoms with Crippen LogP contribution in [-0.4, -0.2) is 31.8 Å². The van der Waals surface area contributed by atoms with E-state index in [-0.39, 0.29) is 18.1 Å². The van der Waals surface area contributed by atoms with Crippen molar-refractivity contribution in [3.05, 3.63) is 83.5 Å². The number of benzene rings is 2. The first kappa shape index (κ1) is 20.8. The number of carbonyl (C=O) groups is 1. The van der Waals surface area contributed by atoms with Gasteiger partial charge in [0.25, 0.3) is 0 Å². The lowest BCUT2D eigenvalue weighted by atomic mass is 10.1. The Hall–Kier alpha value is -3.45. The highest BCUT2D eigenvalue weighted by molar-refractivity contribution is 6.30. The highest BCUT2D eigenvalue weighted by atomic mass is 35.5. The van der Waals surface area contributed by atoms with E-state index in [1.165, 1.54) is 12.1 Å². The number of hydrogen-bond acceptors (Lipinski definition) is 3. The molecular weight excluding hydrogens is 417 g/mol. The molecule has 2 heterocycles. The summed E-state index contributed by atoms with van der Waals surface area (Å²) in [5, 5.41) is 8.10. The standard InChI is InChI=1S/C23H21ClFN5O/c1-29-12-10-27-23(29)22-20(17-4-6-18(24)7-5-17)15-28-30(22)13-11-26-21(31)14-16-2-8-19(25)9-3-16/h2-10,12,15H,11,13-14H2,1H3,(H,26,31). The first-order valence-electron chi connectivity index (χ1n) is 9.82. The molecular formula is C23H21ClFN5O. The zero-order valence-electron chi connectivity index (χ0n) is 16.9. The third kappa shape index (κ3) is 4.83. The minimum Gasteiger partial charge on any atom is -0.354 e. The second kappa shape index (κ2) is 9.14. The summed E-state index contributed by atoms with van der Waals surface area (Å²) >= 11 is 6.04. The average molecular weight is 438 g/mol. The van der Waals surface area contributed by atoms with Gasteiger partial charge in [0.05, 0.1) is 19.2 Å². The Balaban J connectivity index is 1.50. The highest BCUT2D eigenvalue weighted by Gasteiger charge is 2.18. The van der Waals surface area contributed by atoms with Crippen molar-refractivity contribution in [2.75, 3.05) is 6.54 Å². The van der Waals surface area contributed by atoms with Crippen molar-refractivity contribution in [2.45, 2.75) is 13.0 Å². The largest absolute Gasteiger partial charge is 0.354 e. The normalized spacial score (nSPS) is 10.9. The first-order chi connectivity index (χ1) is 15.0. The molecule has 0 aliphatic carbocycles. The summed E-state index contributed by atoms with van der Waals surface area (Å²) < 4.78 is 16.8. The van der Waals surface area contributed by atoms with Gasteiger partial charge in [-0.1, -0.05) is 35.9 Å². The molecule has 1 amide bonds. The summed E-state index contributed by atoms with van der Waals surface area (Å²) in [4.78, 5) is 16.7. The molecule has 0 fully saturated rings. The fourth-order valence-electron chi connectivity index (χ4n) is 3.38. The van der Waals surface area contributed by atoms with E-state index in [2.05, 4.69) is 15.4 Å². The van der Waals surface area contributed by atoms with Crippen LogP contribution in [0.15, 0.2) is 67.1 Å². The van der Waals surface area contributed by atoms with E-state index in [0.29, 0.717) is 18.1 Å². The summed E-state index contributed by atoms with van der Waals surface area (Å²) in [5.74, 6) is 0.330. The number of hydrogen-bond donors (Lipinski definition) is 1. The highest BCUT2D eigenvalue weighted by Crippen LogP contribution is 2.31. The number of nitrogens with one attached hydrogen (secondary N) is 1. The molecule has 4 aromatic rings. The van der Waals surface area contributed by atoms with Gasteiger partial charge in [-0.25, -0.2) is 9.37 Å². The molecule has 6 nitrogen and oxygen atoms in total. The average Bonchev–Trinajstić information content (AvgIpc) is 3.36. The van der Waals surface area contributed by atoms with Crippen LogP contribution >= 0.6 is 11.6 Å². The summed E-state index contributed by atoms with van der Waals surface area (Å²) in [5.41, 5.74) is 3.54. The van der Waals surface area contributed by atoms with Crippen LogP contribution in [0.25, 0.3) is 22.6 Å². The third-order valence-electron chi connectivity index (χ3n) is 4.95. The van der Waals surface area contributed by atoms with Crippen LogP contribution in [0.2, 0.25) is 5.02 Å². The monoisotopic (exact) mass is 437 g/mol. The molecule has 0 aliphatic rings. The van der Waals surface area contributed by atoms with Gasteiger partial charge < -0.3 is 9.88 Å². The number of rotatable bonds is 7. The summed E-state index contributed by atoms with van der Waals surface area (Å²) in [6.45, 7) is 0.879. The maximum atomic E-state index is 13.0. The molecule has 0 aliphatic heterocycles. The number of nitrogens with zero attached hydrogens (tertiary/aromatic N) is 4. The van der Waals surface area contributed by atoms with Gasteiger partial charge >= 0.3 is 0 Å². The van der Waals surface area contributed by atoms with Crippen LogP contribution in [-0.2, 0) is 24.8 Å². The van der Waals surface area contributed by atoms with Crippen molar-refractivity contribution in [3.8, 4) is 22.6 Å². The molecule has 0 spiro atoms. The second-order valence-electron chi connectivity index (χ2n) is 7.15. The topological polar surface area (TPSA) is 64.7 Å². The minimum absolute atomic E-state index is 0.129. The van der Waals surface area contributed by atoms with Gasteiger partial charge in [-0.2, -0.15) is 5.10 Å². The van der Waals surface area contributed by atoms with Gasteiger partial charge in [-0.05, 0) is 35.4 Å². The Labute approximate surface area is 184 Å². The number of aryl methyl sites for hydroxylation is 1. The van der Waals surface area contributed by atoms with Gasteiger partial charge in [0.15, 0.2) is 5.82 Å². The Morgan fingerprint density at radius 2 is 1.87 bits per heavy atom. The molecule has 2 aromatic carbocycles. The smallest absolute Gasteiger partial charge is 0.224 e. The van der Waals surface area contributed by atoms with Crippen LogP contribution in [0.1, 0.15) is 5.56 Å². The molecule has 158 valence electrons. The van der Waals surface area contributed by atoms with Crippen LogP contribution in [0, 0.1) is 5.82 Å².